The van der Waals surface area contributed by atoms with Crippen molar-refractivity contribution in [1.29, 1.82) is 0 Å². The van der Waals surface area contributed by atoms with Gasteiger partial charge in [-0.25, -0.2) is 0 Å². The monoisotopic (exact) mass is 289 g/mol. The Balaban J connectivity index is 1.67. The summed E-state index contributed by atoms with van der Waals surface area (Å²) in [6.07, 6.45) is 4.87. The fourth-order valence-electron chi connectivity index (χ4n) is 2.94. The Morgan fingerprint density at radius 2 is 2.05 bits per heavy atom. The smallest absolute Gasteiger partial charge is 0.119 e. The van der Waals surface area contributed by atoms with Gasteiger partial charge in [-0.15, -0.1) is 0 Å². The van der Waals surface area contributed by atoms with Gasteiger partial charge in [-0.2, -0.15) is 0 Å². The average molecular weight is 289 g/mol. The van der Waals surface area contributed by atoms with Crippen molar-refractivity contribution >= 4 is 0 Å². The van der Waals surface area contributed by atoms with Crippen LogP contribution in [0.3, 0.4) is 0 Å². The van der Waals surface area contributed by atoms with E-state index in [0.29, 0.717) is 24.5 Å². The molecule has 0 heterocycles. The van der Waals surface area contributed by atoms with Gasteiger partial charge in [-0.05, 0) is 55.2 Å². The number of nitrogens with one attached hydrogen (secondary N) is 1. The van der Waals surface area contributed by atoms with E-state index in [2.05, 4.69) is 37.4 Å². The van der Waals surface area contributed by atoms with E-state index in [0.717, 1.165) is 5.75 Å². The molecule has 0 aromatic heterocycles. The first-order chi connectivity index (χ1) is 10.1. The van der Waals surface area contributed by atoms with E-state index >= 15 is 0 Å². The van der Waals surface area contributed by atoms with Crippen molar-refractivity contribution in [1.82, 2.24) is 5.32 Å². The van der Waals surface area contributed by atoms with Crippen LogP contribution in [-0.2, 0) is 0 Å². The molecule has 1 aromatic carbocycles. The van der Waals surface area contributed by atoms with Crippen molar-refractivity contribution in [3.63, 3.8) is 0 Å². The molecule has 3 heteroatoms. The highest BCUT2D eigenvalue weighted by molar-refractivity contribution is 5.30. The molecule has 0 radical (unpaired) electrons. The zero-order chi connectivity index (χ0) is 14.9. The van der Waals surface area contributed by atoms with Crippen molar-refractivity contribution in [2.24, 2.45) is 5.92 Å². The van der Waals surface area contributed by atoms with E-state index in [1.165, 1.54) is 31.2 Å². The number of hydrogen-bond acceptors (Lipinski definition) is 3. The summed E-state index contributed by atoms with van der Waals surface area (Å²) in [5, 5.41) is 13.6. The summed E-state index contributed by atoms with van der Waals surface area (Å²) in [4.78, 5) is 0. The van der Waals surface area contributed by atoms with E-state index in [4.69, 9.17) is 4.74 Å². The number of benzene rings is 1. The maximum atomic E-state index is 9.94. The molecule has 1 unspecified atom stereocenters. The molecule has 0 amide bonds. The van der Waals surface area contributed by atoms with E-state index in [-0.39, 0.29) is 12.1 Å². The van der Waals surface area contributed by atoms with Gasteiger partial charge in [0, 0.05) is 6.04 Å². The summed E-state index contributed by atoms with van der Waals surface area (Å²) in [7, 11) is 0. The number of rotatable bonds is 8. The van der Waals surface area contributed by atoms with E-state index in [1.807, 2.05) is 6.07 Å². The fraction of sp³-hybridized carbons (Fsp3) is 0.667. The highest BCUT2D eigenvalue weighted by atomic mass is 16.5. The van der Waals surface area contributed by atoms with Gasteiger partial charge in [0.1, 0.15) is 12.4 Å². The van der Waals surface area contributed by atoms with Crippen LogP contribution < -0.4 is 10.1 Å². The largest absolute Gasteiger partial charge is 0.492 e. The van der Waals surface area contributed by atoms with Gasteiger partial charge in [-0.1, -0.05) is 26.0 Å². The van der Waals surface area contributed by atoms with E-state index < -0.39 is 0 Å². The minimum atomic E-state index is -0.241. The standard InChI is InChI=1S/C18H27NO2/c1-13(2)14-4-3-5-17(10-14)21-12-18(11-20,15-6-7-15)19-16-8-9-16/h3-5,10,13,15-16,19-20H,6-9,11-12H2,1-2H3. The molecule has 1 aromatic rings. The Morgan fingerprint density at radius 3 is 2.62 bits per heavy atom. The predicted octanol–water partition coefficient (Wildman–Crippen LogP) is 3.08. The molecule has 0 spiro atoms. The molecule has 21 heavy (non-hydrogen) atoms. The Kier molecular flexibility index (Phi) is 4.23. The molecular formula is C18H27NO2. The minimum absolute atomic E-state index is 0.165. The van der Waals surface area contributed by atoms with Crippen molar-refractivity contribution in [2.45, 2.75) is 57.0 Å². The Morgan fingerprint density at radius 1 is 1.29 bits per heavy atom. The highest BCUT2D eigenvalue weighted by Gasteiger charge is 2.48. The first-order valence-corrected chi connectivity index (χ1v) is 8.24. The second-order valence-electron chi connectivity index (χ2n) is 7.02. The predicted molar refractivity (Wildman–Crippen MR) is 84.7 cm³/mol. The van der Waals surface area contributed by atoms with Crippen LogP contribution in [0, 0.1) is 5.92 Å². The normalized spacial score (nSPS) is 21.3. The average Bonchev–Trinajstić information content (AvgIpc) is 3.37. The summed E-state index contributed by atoms with van der Waals surface area (Å²) in [6, 6.07) is 8.91. The second-order valence-corrected chi connectivity index (χ2v) is 7.02. The third kappa shape index (κ3) is 3.58. The van der Waals surface area contributed by atoms with Gasteiger partial charge in [0.05, 0.1) is 12.1 Å². The summed E-state index contributed by atoms with van der Waals surface area (Å²) < 4.78 is 6.06. The third-order valence-corrected chi connectivity index (χ3v) is 4.73. The molecule has 2 saturated carbocycles. The maximum Gasteiger partial charge on any atom is 0.119 e. The topological polar surface area (TPSA) is 41.5 Å². The highest BCUT2D eigenvalue weighted by Crippen LogP contribution is 2.41. The summed E-state index contributed by atoms with van der Waals surface area (Å²) >= 11 is 0. The third-order valence-electron chi connectivity index (χ3n) is 4.73. The van der Waals surface area contributed by atoms with Gasteiger partial charge in [0.25, 0.3) is 0 Å². The Bertz CT molecular complexity index is 480. The molecule has 3 nitrogen and oxygen atoms in total. The lowest BCUT2D eigenvalue weighted by molar-refractivity contribution is 0.0831. The van der Waals surface area contributed by atoms with Crippen molar-refractivity contribution < 1.29 is 9.84 Å². The van der Waals surface area contributed by atoms with Crippen LogP contribution in [-0.4, -0.2) is 29.9 Å². The van der Waals surface area contributed by atoms with Crippen LogP contribution in [0.15, 0.2) is 24.3 Å². The van der Waals surface area contributed by atoms with Crippen LogP contribution in [0.1, 0.15) is 51.0 Å². The van der Waals surface area contributed by atoms with Gasteiger partial charge in [0.2, 0.25) is 0 Å². The maximum absolute atomic E-state index is 9.94. The molecule has 2 aliphatic carbocycles. The summed E-state index contributed by atoms with van der Waals surface area (Å²) in [5.74, 6) is 1.98. The quantitative estimate of drug-likeness (QED) is 0.773. The van der Waals surface area contributed by atoms with Crippen molar-refractivity contribution in [2.75, 3.05) is 13.2 Å². The molecular weight excluding hydrogens is 262 g/mol. The van der Waals surface area contributed by atoms with Crippen LogP contribution in [0.25, 0.3) is 0 Å². The molecule has 0 saturated heterocycles. The molecule has 2 aliphatic rings. The van der Waals surface area contributed by atoms with Crippen molar-refractivity contribution in [3.8, 4) is 5.75 Å². The number of hydrogen-bond donors (Lipinski definition) is 2. The van der Waals surface area contributed by atoms with E-state index in [9.17, 15) is 5.11 Å². The molecule has 116 valence electrons. The molecule has 0 bridgehead atoms. The lowest BCUT2D eigenvalue weighted by Gasteiger charge is -2.33. The Hall–Kier alpha value is -1.06. The van der Waals surface area contributed by atoms with Crippen molar-refractivity contribution in [3.05, 3.63) is 29.8 Å². The van der Waals surface area contributed by atoms with E-state index in [1.54, 1.807) is 0 Å². The molecule has 0 aliphatic heterocycles. The molecule has 2 N–H and O–H groups in total. The van der Waals surface area contributed by atoms with Gasteiger partial charge in [0.15, 0.2) is 0 Å². The lowest BCUT2D eigenvalue weighted by Crippen LogP contribution is -2.56. The van der Waals surface area contributed by atoms with Crippen LogP contribution in [0.4, 0.5) is 0 Å². The van der Waals surface area contributed by atoms with Crippen LogP contribution in [0.5, 0.6) is 5.75 Å². The number of aliphatic hydroxyl groups is 1. The van der Waals surface area contributed by atoms with Gasteiger partial charge in [-0.3, -0.25) is 0 Å². The first kappa shape index (κ1) is 14.9. The fourth-order valence-corrected chi connectivity index (χ4v) is 2.94. The Labute approximate surface area is 127 Å². The zero-order valence-corrected chi connectivity index (χ0v) is 13.1. The second kappa shape index (κ2) is 5.98. The lowest BCUT2D eigenvalue weighted by atomic mass is 9.95. The van der Waals surface area contributed by atoms with Crippen LogP contribution >= 0.6 is 0 Å². The molecule has 2 fully saturated rings. The molecule has 3 rings (SSSR count). The number of ether oxygens (including phenoxy) is 1. The van der Waals surface area contributed by atoms with Gasteiger partial charge >= 0.3 is 0 Å². The molecule has 1 atom stereocenters. The zero-order valence-electron chi connectivity index (χ0n) is 13.1. The van der Waals surface area contributed by atoms with Crippen LogP contribution in [0.2, 0.25) is 0 Å². The number of aliphatic hydroxyl groups excluding tert-OH is 1. The first-order valence-electron chi connectivity index (χ1n) is 8.24. The summed E-state index contributed by atoms with van der Waals surface area (Å²) in [6.45, 7) is 5.11. The summed E-state index contributed by atoms with van der Waals surface area (Å²) in [5.41, 5.74) is 1.05. The van der Waals surface area contributed by atoms with Gasteiger partial charge < -0.3 is 15.2 Å². The SMILES string of the molecule is CC(C)c1cccc(OCC(CO)(NC2CC2)C2CC2)c1. The minimum Gasteiger partial charge on any atom is -0.492 e.